The molecule has 0 aliphatic carbocycles. The maximum atomic E-state index is 9.27. The summed E-state index contributed by atoms with van der Waals surface area (Å²) in [6.45, 7) is 29.4. The van der Waals surface area contributed by atoms with Crippen LogP contribution in [-0.4, -0.2) is 96.9 Å². The molecule has 0 fully saturated rings. The maximum Gasteiger partial charge on any atom is 0.0932 e. The van der Waals surface area contributed by atoms with Gasteiger partial charge in [0, 0.05) is 130 Å². The highest BCUT2D eigenvalue weighted by Gasteiger charge is 2.15. The van der Waals surface area contributed by atoms with E-state index in [1.54, 1.807) is 67.8 Å². The van der Waals surface area contributed by atoms with E-state index in [1.807, 2.05) is 191 Å². The van der Waals surface area contributed by atoms with Crippen molar-refractivity contribution >= 4 is 136 Å². The number of nitrogens with two attached hydrogens (primary N) is 12. The molecule has 0 aliphatic heterocycles. The first-order chi connectivity index (χ1) is 64.1. The molecule has 0 unspecified atom stereocenters. The second-order valence-corrected chi connectivity index (χ2v) is 31.0. The van der Waals surface area contributed by atoms with Gasteiger partial charge in [0.05, 0.1) is 94.7 Å². The lowest BCUT2D eigenvalue weighted by molar-refractivity contribution is 0.134. The Morgan fingerprint density at radius 2 is 0.459 bits per heavy atom. The fourth-order valence-electron chi connectivity index (χ4n) is 13.0. The van der Waals surface area contributed by atoms with E-state index in [2.05, 4.69) is 136 Å². The number of nitrogens with zero attached hydrogens (tertiary/aromatic N) is 16. The molecule has 0 aliphatic rings. The third-order valence-electron chi connectivity index (χ3n) is 20.7. The highest BCUT2D eigenvalue weighted by Crippen LogP contribution is 2.36. The van der Waals surface area contributed by atoms with Gasteiger partial charge in [0.25, 0.3) is 0 Å². The summed E-state index contributed by atoms with van der Waals surface area (Å²) in [6, 6.07) is 69.9. The van der Waals surface area contributed by atoms with E-state index in [0.29, 0.717) is 76.4 Å². The van der Waals surface area contributed by atoms with Gasteiger partial charge in [-0.15, -0.1) is 0 Å². The summed E-state index contributed by atoms with van der Waals surface area (Å²) in [6.07, 6.45) is 1.70. The molecule has 133 heavy (non-hydrogen) atoms. The minimum atomic E-state index is -0.177. The van der Waals surface area contributed by atoms with Crippen LogP contribution in [0, 0.1) is 0 Å². The van der Waals surface area contributed by atoms with Crippen molar-refractivity contribution in [2.24, 2.45) is 61.4 Å². The minimum Gasteiger partial charge on any atom is -0.399 e. The average molecular weight is 1800 g/mol. The Kier molecular flexibility index (Phi) is 44.6. The lowest BCUT2D eigenvalue weighted by Gasteiger charge is -2.19. The van der Waals surface area contributed by atoms with Crippen molar-refractivity contribution in [2.75, 3.05) is 136 Å². The molecule has 32 nitrogen and oxygen atoms in total. The van der Waals surface area contributed by atoms with Gasteiger partial charge in [-0.25, -0.2) is 0 Å². The SMILES string of the molecule is CCN(CC)Cc1cc(N)ccc1N=Nc1ccc(N)cc1.CCN(CC)Cc1cc(N)ccc1N=Nc1ccc(N)cc1CN(CC)CC.CCOCc1ccc(N)cc1N=Nc1ccc(N)cc1CC.CCc1cc(N)ccc1N=Nc1cc(N)ccc1COC.CN(C)Cc1cc(N)ccc1N=Nc1ccc(N)cc1.Nc1ccc(N=Nc2cc(N)ccc2CO)c(CO)c1. The monoisotopic (exact) mass is 1800 g/mol. The van der Waals surface area contributed by atoms with Gasteiger partial charge in [-0.2, -0.15) is 61.4 Å². The van der Waals surface area contributed by atoms with Crippen LogP contribution in [0.3, 0.4) is 0 Å². The Labute approximate surface area is 782 Å². The molecule has 12 aromatic carbocycles. The third-order valence-corrected chi connectivity index (χ3v) is 20.7. The smallest absolute Gasteiger partial charge is 0.0932 e. The molecule has 0 saturated carbocycles. The summed E-state index contributed by atoms with van der Waals surface area (Å²) in [4.78, 5) is 9.06. The van der Waals surface area contributed by atoms with Crippen LogP contribution in [0.25, 0.3) is 0 Å². The fraction of sp³-hybridized carbons (Fsp3) is 0.287. The van der Waals surface area contributed by atoms with Gasteiger partial charge in [-0.05, 0) is 319 Å². The van der Waals surface area contributed by atoms with Crippen LogP contribution >= 0.6 is 0 Å². The van der Waals surface area contributed by atoms with Crippen molar-refractivity contribution in [3.05, 3.63) is 286 Å². The van der Waals surface area contributed by atoms with E-state index in [1.165, 1.54) is 0 Å². The van der Waals surface area contributed by atoms with Crippen molar-refractivity contribution in [2.45, 2.75) is 128 Å². The zero-order valence-electron chi connectivity index (χ0n) is 78.8. The quantitative estimate of drug-likeness (QED) is 0.0130. The Hall–Kier alpha value is -14.5. The van der Waals surface area contributed by atoms with Crippen LogP contribution in [0.15, 0.2) is 292 Å². The summed E-state index contributed by atoms with van der Waals surface area (Å²) in [5.41, 5.74) is 96.5. The first-order valence-electron chi connectivity index (χ1n) is 44.2. The van der Waals surface area contributed by atoms with E-state index < -0.39 is 0 Å². The number of aliphatic hydroxyl groups is 2. The highest BCUT2D eigenvalue weighted by molar-refractivity contribution is 5.64. The van der Waals surface area contributed by atoms with Crippen LogP contribution in [0.1, 0.15) is 118 Å². The summed E-state index contributed by atoms with van der Waals surface area (Å²) in [5.74, 6) is 0. The zero-order chi connectivity index (χ0) is 96.7. The maximum absolute atomic E-state index is 9.27. The molecule has 0 radical (unpaired) electrons. The number of rotatable bonds is 35. The van der Waals surface area contributed by atoms with Gasteiger partial charge in [-0.3, -0.25) is 14.7 Å². The van der Waals surface area contributed by atoms with E-state index in [-0.39, 0.29) is 13.2 Å². The molecule has 702 valence electrons. The lowest BCUT2D eigenvalue weighted by Crippen LogP contribution is -2.22. The molecule has 0 heterocycles. The Morgan fingerprint density at radius 1 is 0.233 bits per heavy atom. The predicted octanol–water partition coefficient (Wildman–Crippen LogP) is 23.0. The van der Waals surface area contributed by atoms with Crippen LogP contribution in [0.5, 0.6) is 0 Å². The van der Waals surface area contributed by atoms with Crippen molar-refractivity contribution < 1.29 is 19.7 Å². The number of aliphatic hydroxyl groups excluding tert-OH is 2. The molecule has 32 heteroatoms. The largest absolute Gasteiger partial charge is 0.399 e. The van der Waals surface area contributed by atoms with E-state index in [4.69, 9.17) is 78.3 Å². The van der Waals surface area contributed by atoms with E-state index in [9.17, 15) is 10.2 Å². The number of methoxy groups -OCH3 is 1. The molecular formula is C101H134N28O4. The standard InChI is InChI=1S/C22H34N6.C17H23N5.C17H22N4O.C16H20N4O.C15H19N5.C14H16N4O2/c1-5-27(6-2)15-17-13-19(23)9-11-21(17)25-26-22-12-10-20(24)14-18(22)16-28(7-3)8-4;1-3-22(4-2)12-13-11-15(19)7-10-17(13)21-20-16-8-5-14(18)6-9-16;1-3-12-9-14(18)7-8-16(12)20-21-17-10-15(19)6-5-13(17)11-22-4-2;1-3-11-8-13(17)6-7-15(11)19-20-16-9-14(18)5-4-12(16)10-21-2;1-20(2)10-11-9-13(17)5-8-15(11)19-18-14-6-3-12(16)4-7-14;15-11-3-4-13(10(5-11)8-20)17-18-14-6-12(16)2-1-9(14)7-19/h9-14H,5-8,15-16,23-24H2,1-4H3;5-11H,3-4,12,18-19H2,1-2H3;5-10H,3-4,11,18-19H2,1-2H3;4-9H,3,10,17-18H2,1-2H3;3-9H,10,16-17H2,1-2H3;1-6,19-20H,7-8,15-16H2. The average Bonchev–Trinajstić information content (AvgIpc) is 0.901. The number of hydrogen-bond donors (Lipinski definition) is 14. The molecule has 0 aromatic heterocycles. The van der Waals surface area contributed by atoms with Crippen molar-refractivity contribution in [3.63, 3.8) is 0 Å². The minimum absolute atomic E-state index is 0.150. The lowest BCUT2D eigenvalue weighted by atomic mass is 10.1. The molecule has 12 rings (SSSR count). The molecule has 0 saturated heterocycles. The van der Waals surface area contributed by atoms with Gasteiger partial charge in [0.1, 0.15) is 0 Å². The first kappa shape index (κ1) is 106. The topological polar surface area (TPSA) is 532 Å². The Morgan fingerprint density at radius 3 is 0.737 bits per heavy atom. The molecule has 0 bridgehead atoms. The fourth-order valence-corrected chi connectivity index (χ4v) is 13.0. The number of benzene rings is 12. The van der Waals surface area contributed by atoms with Crippen molar-refractivity contribution in [3.8, 4) is 0 Å². The van der Waals surface area contributed by atoms with Crippen LogP contribution in [-0.2, 0) is 74.9 Å². The van der Waals surface area contributed by atoms with Crippen molar-refractivity contribution in [1.29, 1.82) is 0 Å². The molecule has 26 N–H and O–H groups in total. The summed E-state index contributed by atoms with van der Waals surface area (Å²) < 4.78 is 10.6. The van der Waals surface area contributed by atoms with Gasteiger partial charge >= 0.3 is 0 Å². The first-order valence-corrected chi connectivity index (χ1v) is 44.2. The predicted molar refractivity (Wildman–Crippen MR) is 549 cm³/mol. The number of ether oxygens (including phenoxy) is 2. The number of azo groups is 6. The van der Waals surface area contributed by atoms with Crippen LogP contribution in [0.2, 0.25) is 0 Å². The second-order valence-electron chi connectivity index (χ2n) is 31.0. The van der Waals surface area contributed by atoms with Gasteiger partial charge in [0.2, 0.25) is 0 Å². The van der Waals surface area contributed by atoms with Crippen LogP contribution in [0.4, 0.5) is 136 Å². The summed E-state index contributed by atoms with van der Waals surface area (Å²) in [5, 5.41) is 70.4. The molecule has 12 aromatic rings. The van der Waals surface area contributed by atoms with Crippen molar-refractivity contribution in [1.82, 2.24) is 19.6 Å². The number of hydrogen-bond acceptors (Lipinski definition) is 32. The summed E-state index contributed by atoms with van der Waals surface area (Å²) in [7, 11) is 5.65. The Bertz CT molecular complexity index is 5730. The number of nitrogen functional groups attached to an aromatic ring is 12. The highest BCUT2D eigenvalue weighted by atomic mass is 16.5. The van der Waals surface area contributed by atoms with Gasteiger partial charge < -0.3 is 93.4 Å². The third kappa shape index (κ3) is 36.1. The normalized spacial score (nSPS) is 11.4. The molecule has 0 atom stereocenters. The second kappa shape index (κ2) is 56.2. The Balaban J connectivity index is 0.000000219. The number of anilines is 12. The molecule has 0 amide bonds. The van der Waals surface area contributed by atoms with E-state index >= 15 is 0 Å². The zero-order valence-corrected chi connectivity index (χ0v) is 78.8. The number of aryl methyl sites for hydroxylation is 2. The van der Waals surface area contributed by atoms with E-state index in [0.717, 1.165) is 214 Å². The summed E-state index contributed by atoms with van der Waals surface area (Å²) >= 11 is 0. The molecule has 0 spiro atoms. The molecular weight excluding hydrogens is 1670 g/mol. The van der Waals surface area contributed by atoms with Gasteiger partial charge in [0.15, 0.2) is 0 Å². The van der Waals surface area contributed by atoms with Crippen LogP contribution < -0.4 is 68.8 Å². The van der Waals surface area contributed by atoms with Gasteiger partial charge in [-0.1, -0.05) is 73.6 Å².